The number of aromatic nitrogens is 3. The molecule has 5 aromatic rings. The summed E-state index contributed by atoms with van der Waals surface area (Å²) in [4.78, 5) is 4.01. The van der Waals surface area contributed by atoms with Gasteiger partial charge in [-0.25, -0.2) is 9.67 Å². The van der Waals surface area contributed by atoms with Crippen LogP contribution in [-0.2, 0) is 6.18 Å². The fourth-order valence-corrected chi connectivity index (χ4v) is 4.15. The summed E-state index contributed by atoms with van der Waals surface area (Å²) in [7, 11) is 0. The molecule has 0 amide bonds. The molecule has 0 bridgehead atoms. The van der Waals surface area contributed by atoms with Crippen molar-refractivity contribution in [2.24, 2.45) is 0 Å². The number of pyridine rings is 1. The average Bonchev–Trinajstić information content (AvgIpc) is 3.25. The van der Waals surface area contributed by atoms with Crippen LogP contribution in [0.2, 0.25) is 5.02 Å². The van der Waals surface area contributed by atoms with Gasteiger partial charge in [-0.2, -0.15) is 18.3 Å². The maximum atomic E-state index is 14.1. The fraction of sp³-hybridized carbons (Fsp3) is 0.0370. The minimum atomic E-state index is -4.79. The number of halogens is 4. The van der Waals surface area contributed by atoms with Crippen molar-refractivity contribution in [3.8, 4) is 56.7 Å². The highest BCUT2D eigenvalue weighted by atomic mass is 35.5. The van der Waals surface area contributed by atoms with Crippen molar-refractivity contribution in [3.05, 3.63) is 95.6 Å². The van der Waals surface area contributed by atoms with Crippen LogP contribution in [0.1, 0.15) is 5.56 Å². The molecule has 0 aliphatic heterocycles. The predicted octanol–water partition coefficient (Wildman–Crippen LogP) is 7.06. The summed E-state index contributed by atoms with van der Waals surface area (Å²) in [6.07, 6.45) is -3.68. The van der Waals surface area contributed by atoms with Gasteiger partial charge in [-0.1, -0.05) is 23.7 Å². The third kappa shape index (κ3) is 4.68. The second kappa shape index (κ2) is 9.18. The van der Waals surface area contributed by atoms with Gasteiger partial charge in [-0.3, -0.25) is 0 Å². The molecule has 0 unspecified atom stereocenters. The normalized spacial score (nSPS) is 11.6. The van der Waals surface area contributed by atoms with E-state index in [9.17, 15) is 28.5 Å². The number of alkyl halides is 3. The minimum absolute atomic E-state index is 0.00634. The molecule has 0 saturated heterocycles. The standard InChI is InChI=1S/C27H17ClF3N3O3/c28-18-13-22(27(29,30)31)26(32-14-18)34-25(17-5-11-21(37)12-6-17)23(15-1-7-19(35)8-2-15)24(33-34)16-3-9-20(36)10-4-16/h1-14,35-37H. The number of benzene rings is 3. The fourth-order valence-electron chi connectivity index (χ4n) is 3.99. The summed E-state index contributed by atoms with van der Waals surface area (Å²) in [6, 6.07) is 18.9. The molecule has 0 atom stereocenters. The van der Waals surface area contributed by atoms with E-state index in [2.05, 4.69) is 10.1 Å². The van der Waals surface area contributed by atoms with E-state index in [1.54, 1.807) is 36.4 Å². The quantitative estimate of drug-likeness (QED) is 0.235. The third-order valence-electron chi connectivity index (χ3n) is 5.66. The Morgan fingerprint density at radius 1 is 0.703 bits per heavy atom. The van der Waals surface area contributed by atoms with E-state index in [-0.39, 0.29) is 28.0 Å². The Balaban J connectivity index is 1.92. The van der Waals surface area contributed by atoms with Crippen LogP contribution in [0.4, 0.5) is 13.2 Å². The first-order chi connectivity index (χ1) is 17.6. The first kappa shape index (κ1) is 24.2. The van der Waals surface area contributed by atoms with E-state index in [0.29, 0.717) is 27.9 Å². The second-order valence-corrected chi connectivity index (χ2v) is 8.58. The Labute approximate surface area is 213 Å². The topological polar surface area (TPSA) is 91.4 Å². The monoisotopic (exact) mass is 523 g/mol. The van der Waals surface area contributed by atoms with Crippen LogP contribution in [0.25, 0.3) is 39.5 Å². The van der Waals surface area contributed by atoms with Crippen LogP contribution in [0.3, 0.4) is 0 Å². The Bertz CT molecular complexity index is 1580. The van der Waals surface area contributed by atoms with Crippen molar-refractivity contribution in [1.82, 2.24) is 14.8 Å². The molecule has 0 aliphatic rings. The van der Waals surface area contributed by atoms with Crippen LogP contribution < -0.4 is 0 Å². The lowest BCUT2D eigenvalue weighted by atomic mass is 9.95. The molecule has 37 heavy (non-hydrogen) atoms. The predicted molar refractivity (Wildman–Crippen MR) is 133 cm³/mol. The molecule has 0 saturated carbocycles. The van der Waals surface area contributed by atoms with E-state index in [1.165, 1.54) is 36.4 Å². The number of phenols is 3. The van der Waals surface area contributed by atoms with Crippen LogP contribution in [0.5, 0.6) is 17.2 Å². The Kier molecular flexibility index (Phi) is 6.01. The van der Waals surface area contributed by atoms with Gasteiger partial charge >= 0.3 is 6.18 Å². The lowest BCUT2D eigenvalue weighted by molar-refractivity contribution is -0.137. The van der Waals surface area contributed by atoms with E-state index < -0.39 is 17.6 Å². The van der Waals surface area contributed by atoms with Gasteiger partial charge in [0.1, 0.15) is 28.5 Å². The highest BCUT2D eigenvalue weighted by molar-refractivity contribution is 6.30. The lowest BCUT2D eigenvalue weighted by Crippen LogP contribution is -2.14. The number of rotatable bonds is 4. The van der Waals surface area contributed by atoms with Crippen molar-refractivity contribution in [3.63, 3.8) is 0 Å². The molecule has 0 radical (unpaired) electrons. The minimum Gasteiger partial charge on any atom is -0.508 e. The molecular weight excluding hydrogens is 507 g/mol. The van der Waals surface area contributed by atoms with Gasteiger partial charge in [-0.05, 0) is 72.3 Å². The van der Waals surface area contributed by atoms with Crippen LogP contribution in [-0.4, -0.2) is 30.1 Å². The van der Waals surface area contributed by atoms with Gasteiger partial charge in [0.25, 0.3) is 0 Å². The Morgan fingerprint density at radius 3 is 1.70 bits per heavy atom. The SMILES string of the molecule is Oc1ccc(-c2nn(-c3ncc(Cl)cc3C(F)(F)F)c(-c3ccc(O)cc3)c2-c2ccc(O)cc2)cc1. The highest BCUT2D eigenvalue weighted by Crippen LogP contribution is 2.44. The van der Waals surface area contributed by atoms with Crippen LogP contribution >= 0.6 is 11.6 Å². The third-order valence-corrected chi connectivity index (χ3v) is 5.87. The number of hydrogen-bond acceptors (Lipinski definition) is 5. The van der Waals surface area contributed by atoms with Gasteiger partial charge in [-0.15, -0.1) is 0 Å². The first-order valence-corrected chi connectivity index (χ1v) is 11.2. The number of phenolic OH excluding ortho intramolecular Hbond substituents is 3. The molecule has 186 valence electrons. The number of aromatic hydroxyl groups is 3. The smallest absolute Gasteiger partial charge is 0.420 e. The second-order valence-electron chi connectivity index (χ2n) is 8.15. The van der Waals surface area contributed by atoms with Gasteiger partial charge in [0, 0.05) is 22.9 Å². The molecule has 5 rings (SSSR count). The molecule has 6 nitrogen and oxygen atoms in total. The van der Waals surface area contributed by atoms with Crippen molar-refractivity contribution in [2.75, 3.05) is 0 Å². The van der Waals surface area contributed by atoms with Gasteiger partial charge in [0.2, 0.25) is 0 Å². The Morgan fingerprint density at radius 2 is 1.19 bits per heavy atom. The zero-order valence-electron chi connectivity index (χ0n) is 18.8. The summed E-state index contributed by atoms with van der Waals surface area (Å²) in [6.45, 7) is 0. The van der Waals surface area contributed by atoms with Crippen molar-refractivity contribution >= 4 is 11.6 Å². The zero-order valence-corrected chi connectivity index (χ0v) is 19.5. The van der Waals surface area contributed by atoms with Crippen LogP contribution in [0, 0.1) is 0 Å². The van der Waals surface area contributed by atoms with E-state index in [1.807, 2.05) is 0 Å². The first-order valence-electron chi connectivity index (χ1n) is 10.9. The van der Waals surface area contributed by atoms with Crippen LogP contribution in [0.15, 0.2) is 85.1 Å². The summed E-state index contributed by atoms with van der Waals surface area (Å²) in [5.41, 5.74) is 1.44. The Hall–Kier alpha value is -4.50. The van der Waals surface area contributed by atoms with Crippen molar-refractivity contribution in [1.29, 1.82) is 0 Å². The summed E-state index contributed by atoms with van der Waals surface area (Å²) in [5, 5.41) is 33.9. The molecule has 3 N–H and O–H groups in total. The molecule has 0 spiro atoms. The summed E-state index contributed by atoms with van der Waals surface area (Å²) < 4.78 is 43.4. The van der Waals surface area contributed by atoms with Crippen molar-refractivity contribution in [2.45, 2.75) is 6.18 Å². The maximum absolute atomic E-state index is 14.1. The number of nitrogens with zero attached hydrogens (tertiary/aromatic N) is 3. The largest absolute Gasteiger partial charge is 0.508 e. The molecule has 2 heterocycles. The lowest BCUT2D eigenvalue weighted by Gasteiger charge is -2.15. The molecule has 3 aromatic carbocycles. The molecule has 2 aromatic heterocycles. The molecule has 0 aliphatic carbocycles. The van der Waals surface area contributed by atoms with Gasteiger partial charge in [0.15, 0.2) is 5.82 Å². The van der Waals surface area contributed by atoms with Gasteiger partial charge in [0.05, 0.1) is 10.7 Å². The number of hydrogen-bond donors (Lipinski definition) is 3. The van der Waals surface area contributed by atoms with E-state index in [4.69, 9.17) is 11.6 Å². The van der Waals surface area contributed by atoms with Crippen molar-refractivity contribution < 1.29 is 28.5 Å². The van der Waals surface area contributed by atoms with E-state index >= 15 is 0 Å². The summed E-state index contributed by atoms with van der Waals surface area (Å²) >= 11 is 5.88. The molecule has 0 fully saturated rings. The van der Waals surface area contributed by atoms with E-state index in [0.717, 1.165) is 16.9 Å². The average molecular weight is 524 g/mol. The van der Waals surface area contributed by atoms with Gasteiger partial charge < -0.3 is 15.3 Å². The molecule has 10 heteroatoms. The maximum Gasteiger partial charge on any atom is 0.420 e. The zero-order chi connectivity index (χ0) is 26.3. The highest BCUT2D eigenvalue weighted by Gasteiger charge is 2.37. The molecular formula is C27H17ClF3N3O3. The summed E-state index contributed by atoms with van der Waals surface area (Å²) in [5.74, 6) is -0.510.